The summed E-state index contributed by atoms with van der Waals surface area (Å²) in [4.78, 5) is 0. The van der Waals surface area contributed by atoms with Crippen LogP contribution in [0.15, 0.2) is 51.4 Å². The van der Waals surface area contributed by atoms with Gasteiger partial charge in [0.1, 0.15) is 5.82 Å². The highest BCUT2D eigenvalue weighted by Crippen LogP contribution is 2.34. The molecule has 0 aliphatic heterocycles. The number of benzene rings is 2. The molecule has 2 aromatic rings. The standard InChI is InChI=1S/C16H15Br2FO2/c17-13-4-2-1-3-12(13)16(9-20,10-21)8-11-5-6-15(19)14(18)7-11/h1-7,20-21H,8-10H2. The Kier molecular flexibility index (Phi) is 5.54. The average molecular weight is 418 g/mol. The van der Waals surface area contributed by atoms with Crippen molar-refractivity contribution in [2.45, 2.75) is 11.8 Å². The van der Waals surface area contributed by atoms with Crippen molar-refractivity contribution >= 4 is 31.9 Å². The Morgan fingerprint density at radius 1 is 0.952 bits per heavy atom. The maximum Gasteiger partial charge on any atom is 0.137 e. The lowest BCUT2D eigenvalue weighted by Gasteiger charge is -2.31. The zero-order valence-corrected chi connectivity index (χ0v) is 14.4. The van der Waals surface area contributed by atoms with Crippen molar-refractivity contribution in [2.75, 3.05) is 13.2 Å². The van der Waals surface area contributed by atoms with Gasteiger partial charge in [-0.2, -0.15) is 0 Å². The summed E-state index contributed by atoms with van der Waals surface area (Å²) in [5.74, 6) is -0.335. The summed E-state index contributed by atoms with van der Waals surface area (Å²) in [6.45, 7) is -0.414. The predicted molar refractivity (Wildman–Crippen MR) is 87.8 cm³/mol. The second-order valence-corrected chi connectivity index (χ2v) is 6.71. The van der Waals surface area contributed by atoms with Gasteiger partial charge in [0.25, 0.3) is 0 Å². The Morgan fingerprint density at radius 2 is 1.62 bits per heavy atom. The normalized spacial score (nSPS) is 11.7. The lowest BCUT2D eigenvalue weighted by molar-refractivity contribution is 0.115. The van der Waals surface area contributed by atoms with Crippen LogP contribution in [0.25, 0.3) is 0 Å². The van der Waals surface area contributed by atoms with Gasteiger partial charge in [-0.1, -0.05) is 40.2 Å². The number of halogens is 3. The fraction of sp³-hybridized carbons (Fsp3) is 0.250. The van der Waals surface area contributed by atoms with E-state index in [1.807, 2.05) is 24.3 Å². The molecule has 0 amide bonds. The van der Waals surface area contributed by atoms with Gasteiger partial charge in [0.05, 0.1) is 17.7 Å². The van der Waals surface area contributed by atoms with Gasteiger partial charge in [-0.3, -0.25) is 0 Å². The first-order valence-electron chi connectivity index (χ1n) is 6.43. The summed E-state index contributed by atoms with van der Waals surface area (Å²) in [6.07, 6.45) is 0.404. The number of rotatable bonds is 5. The minimum atomic E-state index is -0.822. The highest BCUT2D eigenvalue weighted by atomic mass is 79.9. The molecule has 2 aromatic carbocycles. The van der Waals surface area contributed by atoms with Crippen molar-refractivity contribution in [1.29, 1.82) is 0 Å². The van der Waals surface area contributed by atoms with E-state index in [4.69, 9.17) is 0 Å². The minimum Gasteiger partial charge on any atom is -0.395 e. The van der Waals surface area contributed by atoms with Crippen molar-refractivity contribution < 1.29 is 14.6 Å². The quantitative estimate of drug-likeness (QED) is 0.776. The molecule has 0 atom stereocenters. The molecule has 5 heteroatoms. The molecule has 0 bridgehead atoms. The van der Waals surface area contributed by atoms with Crippen molar-refractivity contribution in [3.8, 4) is 0 Å². The Morgan fingerprint density at radius 3 is 2.19 bits per heavy atom. The third-order valence-corrected chi connectivity index (χ3v) is 4.88. The minimum absolute atomic E-state index is 0.207. The zero-order valence-electron chi connectivity index (χ0n) is 11.2. The van der Waals surface area contributed by atoms with Crippen LogP contribution in [0, 0.1) is 5.82 Å². The lowest BCUT2D eigenvalue weighted by atomic mass is 9.77. The summed E-state index contributed by atoms with van der Waals surface area (Å²) >= 11 is 6.62. The van der Waals surface area contributed by atoms with Gasteiger partial charge in [-0.25, -0.2) is 4.39 Å². The molecule has 112 valence electrons. The molecule has 0 radical (unpaired) electrons. The summed E-state index contributed by atoms with van der Waals surface area (Å²) < 4.78 is 14.5. The highest BCUT2D eigenvalue weighted by molar-refractivity contribution is 9.10. The van der Waals surface area contributed by atoms with Gasteiger partial charge < -0.3 is 10.2 Å². The molecular formula is C16H15Br2FO2. The Balaban J connectivity index is 2.43. The number of hydrogen-bond acceptors (Lipinski definition) is 2. The number of aliphatic hydroxyl groups excluding tert-OH is 2. The van der Waals surface area contributed by atoms with E-state index in [-0.39, 0.29) is 19.0 Å². The largest absolute Gasteiger partial charge is 0.395 e. The molecule has 2 rings (SSSR count). The van der Waals surface area contributed by atoms with Crippen LogP contribution >= 0.6 is 31.9 Å². The van der Waals surface area contributed by atoms with Gasteiger partial charge in [-0.05, 0) is 51.7 Å². The molecule has 0 fully saturated rings. The van der Waals surface area contributed by atoms with E-state index in [9.17, 15) is 14.6 Å². The van der Waals surface area contributed by atoms with Gasteiger partial charge in [0, 0.05) is 9.89 Å². The molecule has 0 heterocycles. The maximum atomic E-state index is 13.3. The number of hydrogen-bond donors (Lipinski definition) is 2. The zero-order chi connectivity index (χ0) is 15.5. The Bertz CT molecular complexity index is 627. The van der Waals surface area contributed by atoms with Gasteiger partial charge in [0.2, 0.25) is 0 Å². The molecule has 2 nitrogen and oxygen atoms in total. The van der Waals surface area contributed by atoms with E-state index in [2.05, 4.69) is 31.9 Å². The first-order chi connectivity index (χ1) is 10.0. The van der Waals surface area contributed by atoms with Gasteiger partial charge >= 0.3 is 0 Å². The average Bonchev–Trinajstić information content (AvgIpc) is 2.49. The third kappa shape index (κ3) is 3.54. The van der Waals surface area contributed by atoms with Crippen LogP contribution in [0.1, 0.15) is 11.1 Å². The number of aliphatic hydroxyl groups is 2. The van der Waals surface area contributed by atoms with Crippen LogP contribution in [0.3, 0.4) is 0 Å². The second-order valence-electron chi connectivity index (χ2n) is 5.00. The summed E-state index contributed by atoms with van der Waals surface area (Å²) in [5.41, 5.74) is 0.842. The summed E-state index contributed by atoms with van der Waals surface area (Å²) in [7, 11) is 0. The van der Waals surface area contributed by atoms with Crippen LogP contribution in [-0.4, -0.2) is 23.4 Å². The van der Waals surface area contributed by atoms with E-state index in [0.717, 1.165) is 15.6 Å². The molecular weight excluding hydrogens is 403 g/mol. The van der Waals surface area contributed by atoms with Crippen LogP contribution in [-0.2, 0) is 11.8 Å². The van der Waals surface area contributed by atoms with E-state index in [1.165, 1.54) is 6.07 Å². The Hall–Kier alpha value is -0.750. The van der Waals surface area contributed by atoms with Crippen molar-refractivity contribution in [3.05, 3.63) is 68.4 Å². The molecule has 0 saturated carbocycles. The van der Waals surface area contributed by atoms with E-state index >= 15 is 0 Å². The van der Waals surface area contributed by atoms with Crippen LogP contribution in [0.4, 0.5) is 4.39 Å². The van der Waals surface area contributed by atoms with Gasteiger partial charge in [-0.15, -0.1) is 0 Å². The Labute approximate surface area is 139 Å². The maximum absolute atomic E-state index is 13.3. The van der Waals surface area contributed by atoms with E-state index in [1.54, 1.807) is 12.1 Å². The summed E-state index contributed by atoms with van der Waals surface area (Å²) in [6, 6.07) is 12.2. The molecule has 0 saturated heterocycles. The van der Waals surface area contributed by atoms with Crippen LogP contribution in [0.2, 0.25) is 0 Å². The molecule has 0 aromatic heterocycles. The fourth-order valence-electron chi connectivity index (χ4n) is 2.36. The van der Waals surface area contributed by atoms with Crippen molar-refractivity contribution in [1.82, 2.24) is 0 Å². The second kappa shape index (κ2) is 7.01. The predicted octanol–water partition coefficient (Wildman–Crippen LogP) is 3.82. The highest BCUT2D eigenvalue weighted by Gasteiger charge is 2.33. The first kappa shape index (κ1) is 16.6. The molecule has 0 aliphatic carbocycles. The molecule has 2 N–H and O–H groups in total. The fourth-order valence-corrected chi connectivity index (χ4v) is 3.49. The SMILES string of the molecule is OCC(CO)(Cc1ccc(F)c(Br)c1)c1ccccc1Br. The topological polar surface area (TPSA) is 40.5 Å². The lowest BCUT2D eigenvalue weighted by Crippen LogP contribution is -2.37. The van der Waals surface area contributed by atoms with Gasteiger partial charge in [0.15, 0.2) is 0 Å². The van der Waals surface area contributed by atoms with E-state index < -0.39 is 5.41 Å². The smallest absolute Gasteiger partial charge is 0.137 e. The summed E-state index contributed by atoms with van der Waals surface area (Å²) in [5, 5.41) is 19.7. The molecule has 21 heavy (non-hydrogen) atoms. The molecule has 0 aliphatic rings. The van der Waals surface area contributed by atoms with Crippen LogP contribution in [0.5, 0.6) is 0 Å². The third-order valence-electron chi connectivity index (χ3n) is 3.58. The van der Waals surface area contributed by atoms with Crippen molar-refractivity contribution in [2.24, 2.45) is 0 Å². The van der Waals surface area contributed by atoms with Crippen LogP contribution < -0.4 is 0 Å². The monoisotopic (exact) mass is 416 g/mol. The molecule has 0 unspecified atom stereocenters. The molecule has 0 spiro atoms. The first-order valence-corrected chi connectivity index (χ1v) is 8.01. The van der Waals surface area contributed by atoms with Crippen molar-refractivity contribution in [3.63, 3.8) is 0 Å². The van der Waals surface area contributed by atoms with E-state index in [0.29, 0.717) is 10.9 Å².